The van der Waals surface area contributed by atoms with Crippen molar-refractivity contribution in [1.82, 2.24) is 0 Å². The minimum atomic E-state index is -4.29. The Morgan fingerprint density at radius 3 is 2.77 bits per heavy atom. The van der Waals surface area contributed by atoms with Crippen LogP contribution in [0, 0.1) is 0 Å². The Balaban J connectivity index is 3.69. The molecule has 0 aliphatic carbocycles. The molecule has 1 N–H and O–H groups in total. The van der Waals surface area contributed by atoms with Crippen molar-refractivity contribution in [3.05, 3.63) is 12.7 Å². The van der Waals surface area contributed by atoms with Crippen molar-refractivity contribution in [2.24, 2.45) is 0 Å². The molecule has 0 bridgehead atoms. The van der Waals surface area contributed by atoms with Gasteiger partial charge in [0.2, 0.25) is 0 Å². The average molecular weight is 212 g/mol. The third kappa shape index (κ3) is 6.44. The molecule has 0 aliphatic rings. The van der Waals surface area contributed by atoms with E-state index in [0.717, 1.165) is 6.08 Å². The molecular weight excluding hydrogens is 203 g/mol. The van der Waals surface area contributed by atoms with E-state index in [1.54, 1.807) is 0 Å². The fourth-order valence-electron chi connectivity index (χ4n) is 0.306. The molecule has 0 saturated heterocycles. The molecule has 76 valence electrons. The Morgan fingerprint density at radius 1 is 1.69 bits per heavy atom. The highest BCUT2D eigenvalue weighted by atomic mass is 31.2. The van der Waals surface area contributed by atoms with Crippen LogP contribution in [0.1, 0.15) is 6.92 Å². The van der Waals surface area contributed by atoms with Gasteiger partial charge in [0, 0.05) is 6.08 Å². The molecule has 0 aromatic carbocycles. The van der Waals surface area contributed by atoms with Crippen molar-refractivity contribution in [2.75, 3.05) is 6.61 Å². The van der Waals surface area contributed by atoms with Crippen molar-refractivity contribution in [3.8, 4) is 0 Å². The van der Waals surface area contributed by atoms with Crippen LogP contribution >= 0.6 is 7.82 Å². The predicted octanol–water partition coefficient (Wildman–Crippen LogP) is 0.716. The lowest BCUT2D eigenvalue weighted by atomic mass is 10.7. The number of phosphoric acid groups is 1. The van der Waals surface area contributed by atoms with Gasteiger partial charge in [0.1, 0.15) is 0 Å². The van der Waals surface area contributed by atoms with E-state index in [9.17, 15) is 9.36 Å². The van der Waals surface area contributed by atoms with Gasteiger partial charge in [-0.15, -0.1) is 0 Å². The van der Waals surface area contributed by atoms with Crippen LogP contribution in [0.2, 0.25) is 0 Å². The van der Waals surface area contributed by atoms with Gasteiger partial charge in [0.05, 0.1) is 6.61 Å². The third-order valence-electron chi connectivity index (χ3n) is 0.700. The molecular formula is C5H9O7P. The summed E-state index contributed by atoms with van der Waals surface area (Å²) in [7, 11) is -4.29. The standard InChI is InChI=1S/C5H9O7P/c1-3-5(6)10-11-12-13(7,8)9-4-2/h3H,1,4H2,2H3,(H,7,8). The van der Waals surface area contributed by atoms with E-state index in [4.69, 9.17) is 4.89 Å². The molecule has 1 atom stereocenters. The Bertz CT molecular complexity index is 225. The van der Waals surface area contributed by atoms with Crippen LogP contribution in [0.4, 0.5) is 0 Å². The second-order valence-electron chi connectivity index (χ2n) is 1.64. The number of hydrogen-bond donors (Lipinski definition) is 1. The summed E-state index contributed by atoms with van der Waals surface area (Å²) in [5.74, 6) is -0.962. The first-order valence-electron chi connectivity index (χ1n) is 3.18. The van der Waals surface area contributed by atoms with E-state index < -0.39 is 13.8 Å². The fourth-order valence-corrected chi connectivity index (χ4v) is 0.783. The zero-order valence-electron chi connectivity index (χ0n) is 6.84. The number of rotatable bonds is 6. The van der Waals surface area contributed by atoms with Crippen LogP contribution in [0.25, 0.3) is 0 Å². The summed E-state index contributed by atoms with van der Waals surface area (Å²) in [5.41, 5.74) is 0. The molecule has 7 nitrogen and oxygen atoms in total. The summed E-state index contributed by atoms with van der Waals surface area (Å²) in [6.45, 7) is 4.46. The van der Waals surface area contributed by atoms with Crippen molar-refractivity contribution < 1.29 is 33.4 Å². The van der Waals surface area contributed by atoms with Crippen LogP contribution in [0.15, 0.2) is 12.7 Å². The quantitative estimate of drug-likeness (QED) is 0.300. The van der Waals surface area contributed by atoms with Gasteiger partial charge in [-0.2, -0.15) is 0 Å². The van der Waals surface area contributed by atoms with E-state index in [1.807, 2.05) is 0 Å². The second-order valence-corrected chi connectivity index (χ2v) is 2.98. The summed E-state index contributed by atoms with van der Waals surface area (Å²) >= 11 is 0. The van der Waals surface area contributed by atoms with Crippen LogP contribution in [-0.2, 0) is 28.5 Å². The van der Waals surface area contributed by atoms with Gasteiger partial charge in [-0.25, -0.2) is 9.36 Å². The van der Waals surface area contributed by atoms with Crippen LogP contribution < -0.4 is 0 Å². The zero-order chi connectivity index (χ0) is 10.3. The SMILES string of the molecule is C=CC(=O)OOOP(=O)(O)OCC. The number of hydrogen-bond acceptors (Lipinski definition) is 6. The number of carbonyl (C=O) groups is 1. The first-order chi connectivity index (χ1) is 6.02. The Morgan fingerprint density at radius 2 is 2.31 bits per heavy atom. The monoisotopic (exact) mass is 212 g/mol. The predicted molar refractivity (Wildman–Crippen MR) is 39.9 cm³/mol. The highest BCUT2D eigenvalue weighted by Crippen LogP contribution is 2.43. The first kappa shape index (κ1) is 12.3. The van der Waals surface area contributed by atoms with E-state index in [0.29, 0.717) is 0 Å². The van der Waals surface area contributed by atoms with Crippen molar-refractivity contribution >= 4 is 13.8 Å². The van der Waals surface area contributed by atoms with Gasteiger partial charge >= 0.3 is 13.8 Å². The van der Waals surface area contributed by atoms with Gasteiger partial charge < -0.3 is 4.89 Å². The minimum Gasteiger partial charge on any atom is -0.301 e. The molecule has 0 aromatic heterocycles. The Labute approximate surface area is 74.3 Å². The smallest absolute Gasteiger partial charge is 0.301 e. The highest BCUT2D eigenvalue weighted by molar-refractivity contribution is 7.47. The zero-order valence-corrected chi connectivity index (χ0v) is 7.73. The fraction of sp³-hybridized carbons (Fsp3) is 0.400. The van der Waals surface area contributed by atoms with Crippen molar-refractivity contribution in [3.63, 3.8) is 0 Å². The molecule has 0 radical (unpaired) electrons. The maximum atomic E-state index is 10.7. The highest BCUT2D eigenvalue weighted by Gasteiger charge is 2.22. The van der Waals surface area contributed by atoms with E-state index in [-0.39, 0.29) is 6.61 Å². The van der Waals surface area contributed by atoms with Gasteiger partial charge in [0.25, 0.3) is 0 Å². The molecule has 0 saturated carbocycles. The maximum absolute atomic E-state index is 10.7. The lowest BCUT2D eigenvalue weighted by Gasteiger charge is -2.06. The summed E-state index contributed by atoms with van der Waals surface area (Å²) in [4.78, 5) is 22.7. The first-order valence-corrected chi connectivity index (χ1v) is 4.68. The molecule has 1 unspecified atom stereocenters. The Kier molecular flexibility index (Phi) is 5.52. The molecule has 0 heterocycles. The van der Waals surface area contributed by atoms with Crippen molar-refractivity contribution in [1.29, 1.82) is 0 Å². The van der Waals surface area contributed by atoms with Crippen molar-refractivity contribution in [2.45, 2.75) is 6.92 Å². The summed E-state index contributed by atoms with van der Waals surface area (Å²) in [6.07, 6.45) is 0.784. The lowest BCUT2D eigenvalue weighted by Crippen LogP contribution is -2.02. The summed E-state index contributed by atoms with van der Waals surface area (Å²) in [5, 5.41) is 3.64. The normalized spacial score (nSPS) is 14.6. The number of carbonyl (C=O) groups excluding carboxylic acids is 1. The molecule has 0 fully saturated rings. The third-order valence-corrected chi connectivity index (χ3v) is 1.53. The Hall–Kier alpha value is -0.720. The largest absolute Gasteiger partial charge is 0.502 e. The van der Waals surface area contributed by atoms with E-state index >= 15 is 0 Å². The average Bonchev–Trinajstić information content (AvgIpc) is 2.03. The van der Waals surface area contributed by atoms with Gasteiger partial charge in [-0.05, 0) is 12.0 Å². The molecule has 0 amide bonds. The van der Waals surface area contributed by atoms with Crippen LogP contribution in [0.3, 0.4) is 0 Å². The van der Waals surface area contributed by atoms with Crippen LogP contribution in [-0.4, -0.2) is 17.5 Å². The topological polar surface area (TPSA) is 91.3 Å². The lowest BCUT2D eigenvalue weighted by molar-refractivity contribution is -0.442. The number of phosphoric ester groups is 1. The molecule has 0 aliphatic heterocycles. The van der Waals surface area contributed by atoms with E-state index in [1.165, 1.54) is 6.92 Å². The minimum absolute atomic E-state index is 0.0491. The second kappa shape index (κ2) is 5.85. The molecule has 0 spiro atoms. The van der Waals surface area contributed by atoms with Gasteiger partial charge in [-0.3, -0.25) is 9.41 Å². The van der Waals surface area contributed by atoms with E-state index in [2.05, 4.69) is 25.7 Å². The molecule has 8 heteroatoms. The van der Waals surface area contributed by atoms with Gasteiger partial charge in [-0.1, -0.05) is 11.3 Å². The molecule has 0 aromatic rings. The maximum Gasteiger partial charge on any atom is 0.502 e. The molecule has 13 heavy (non-hydrogen) atoms. The van der Waals surface area contributed by atoms with Crippen LogP contribution in [0.5, 0.6) is 0 Å². The summed E-state index contributed by atoms with van der Waals surface area (Å²) < 4.78 is 18.6. The van der Waals surface area contributed by atoms with Gasteiger partial charge in [0.15, 0.2) is 0 Å². The molecule has 0 rings (SSSR count). The summed E-state index contributed by atoms with van der Waals surface area (Å²) in [6, 6.07) is 0.